The molecule has 7 nitrogen and oxygen atoms in total. The SMILES string of the molecule is CC(=O)N1c2ccc(-c3ccc(NS(C)(=O)=O)cc3)cc2N(C(=O)C2CC2)CC1C. The zero-order valence-electron chi connectivity index (χ0n) is 17.3. The van der Waals surface area contributed by atoms with E-state index in [1.54, 1.807) is 24.0 Å². The van der Waals surface area contributed by atoms with Crippen molar-refractivity contribution in [1.29, 1.82) is 0 Å². The molecule has 1 aliphatic heterocycles. The second-order valence-electron chi connectivity index (χ2n) is 8.12. The van der Waals surface area contributed by atoms with E-state index in [1.807, 2.05) is 42.2 Å². The van der Waals surface area contributed by atoms with Crippen molar-refractivity contribution < 1.29 is 18.0 Å². The molecule has 1 fully saturated rings. The number of nitrogens with zero attached hydrogens (tertiary/aromatic N) is 2. The molecular weight excluding hydrogens is 402 g/mol. The Labute approximate surface area is 176 Å². The number of carbonyl (C=O) groups is 2. The minimum Gasteiger partial charge on any atom is -0.308 e. The van der Waals surface area contributed by atoms with Crippen LogP contribution in [0.5, 0.6) is 0 Å². The van der Waals surface area contributed by atoms with Crippen molar-refractivity contribution in [2.45, 2.75) is 32.7 Å². The Bertz CT molecular complexity index is 1110. The lowest BCUT2D eigenvalue weighted by atomic mass is 10.00. The van der Waals surface area contributed by atoms with Gasteiger partial charge in [-0.15, -0.1) is 0 Å². The molecule has 2 amide bonds. The molecule has 0 bridgehead atoms. The van der Waals surface area contributed by atoms with Crippen LogP contribution in [0.4, 0.5) is 17.1 Å². The van der Waals surface area contributed by atoms with E-state index in [4.69, 9.17) is 0 Å². The summed E-state index contributed by atoms with van der Waals surface area (Å²) in [4.78, 5) is 28.8. The van der Waals surface area contributed by atoms with E-state index in [1.165, 1.54) is 0 Å². The van der Waals surface area contributed by atoms with Crippen LogP contribution in [0.2, 0.25) is 0 Å². The van der Waals surface area contributed by atoms with Crippen molar-refractivity contribution in [3.8, 4) is 11.1 Å². The van der Waals surface area contributed by atoms with Crippen LogP contribution < -0.4 is 14.5 Å². The average molecular weight is 428 g/mol. The van der Waals surface area contributed by atoms with E-state index in [2.05, 4.69) is 4.72 Å². The highest BCUT2D eigenvalue weighted by molar-refractivity contribution is 7.92. The normalized spacial score (nSPS) is 18.7. The van der Waals surface area contributed by atoms with Crippen molar-refractivity contribution in [1.82, 2.24) is 0 Å². The van der Waals surface area contributed by atoms with Gasteiger partial charge in [-0.25, -0.2) is 8.42 Å². The van der Waals surface area contributed by atoms with Crippen molar-refractivity contribution in [3.05, 3.63) is 42.5 Å². The monoisotopic (exact) mass is 427 g/mol. The number of nitrogens with one attached hydrogen (secondary N) is 1. The first-order chi connectivity index (χ1) is 14.1. The van der Waals surface area contributed by atoms with Crippen LogP contribution in [0.1, 0.15) is 26.7 Å². The summed E-state index contributed by atoms with van der Waals surface area (Å²) in [5, 5.41) is 0. The fraction of sp³-hybridized carbons (Fsp3) is 0.364. The molecular formula is C22H25N3O4S. The third-order valence-electron chi connectivity index (χ3n) is 5.47. The maximum atomic E-state index is 12.9. The lowest BCUT2D eigenvalue weighted by Gasteiger charge is -2.41. The van der Waals surface area contributed by atoms with Gasteiger partial charge in [-0.3, -0.25) is 14.3 Å². The second kappa shape index (κ2) is 7.43. The number of amides is 2. The molecule has 2 aliphatic rings. The van der Waals surface area contributed by atoms with Gasteiger partial charge >= 0.3 is 0 Å². The van der Waals surface area contributed by atoms with Crippen LogP contribution in [0.15, 0.2) is 42.5 Å². The molecule has 1 unspecified atom stereocenters. The molecule has 4 rings (SSSR count). The van der Waals surface area contributed by atoms with Gasteiger partial charge in [0.25, 0.3) is 0 Å². The summed E-state index contributed by atoms with van der Waals surface area (Å²) in [5.41, 5.74) is 3.77. The number of rotatable bonds is 4. The second-order valence-corrected chi connectivity index (χ2v) is 9.86. The minimum absolute atomic E-state index is 0.0498. The number of benzene rings is 2. The van der Waals surface area contributed by atoms with Gasteiger partial charge in [0.2, 0.25) is 21.8 Å². The maximum Gasteiger partial charge on any atom is 0.230 e. The Kier molecular flexibility index (Phi) is 5.05. The number of carbonyl (C=O) groups excluding carboxylic acids is 2. The Hall–Kier alpha value is -2.87. The Morgan fingerprint density at radius 2 is 1.63 bits per heavy atom. The first-order valence-electron chi connectivity index (χ1n) is 9.97. The molecule has 0 radical (unpaired) electrons. The number of hydrogen-bond donors (Lipinski definition) is 1. The van der Waals surface area contributed by atoms with Crippen LogP contribution in [0.25, 0.3) is 11.1 Å². The highest BCUT2D eigenvalue weighted by atomic mass is 32.2. The van der Waals surface area contributed by atoms with E-state index < -0.39 is 10.0 Å². The van der Waals surface area contributed by atoms with E-state index in [0.717, 1.165) is 41.6 Å². The van der Waals surface area contributed by atoms with Gasteiger partial charge in [-0.1, -0.05) is 18.2 Å². The predicted molar refractivity (Wildman–Crippen MR) is 118 cm³/mol. The molecule has 158 valence electrons. The molecule has 0 saturated heterocycles. The largest absolute Gasteiger partial charge is 0.308 e. The lowest BCUT2D eigenvalue weighted by Crippen LogP contribution is -2.51. The molecule has 1 aliphatic carbocycles. The molecule has 1 saturated carbocycles. The highest BCUT2D eigenvalue weighted by Crippen LogP contribution is 2.42. The van der Waals surface area contributed by atoms with Gasteiger partial charge in [-0.2, -0.15) is 0 Å². The molecule has 8 heteroatoms. The summed E-state index contributed by atoms with van der Waals surface area (Å²) in [7, 11) is -3.34. The maximum absolute atomic E-state index is 12.9. The van der Waals surface area contributed by atoms with E-state index in [9.17, 15) is 18.0 Å². The van der Waals surface area contributed by atoms with Crippen LogP contribution in [-0.2, 0) is 19.6 Å². The number of sulfonamides is 1. The zero-order chi connectivity index (χ0) is 21.6. The van der Waals surface area contributed by atoms with Gasteiger partial charge in [0.1, 0.15) is 0 Å². The first-order valence-corrected chi connectivity index (χ1v) is 11.9. The molecule has 2 aromatic carbocycles. The number of hydrogen-bond acceptors (Lipinski definition) is 4. The average Bonchev–Trinajstić information content (AvgIpc) is 3.51. The van der Waals surface area contributed by atoms with E-state index in [0.29, 0.717) is 12.2 Å². The summed E-state index contributed by atoms with van der Waals surface area (Å²) in [6, 6.07) is 12.7. The Morgan fingerprint density at radius 3 is 2.20 bits per heavy atom. The van der Waals surface area contributed by atoms with Crippen molar-refractivity contribution >= 4 is 38.9 Å². The Morgan fingerprint density at radius 1 is 1.00 bits per heavy atom. The van der Waals surface area contributed by atoms with Gasteiger partial charge < -0.3 is 9.80 Å². The van der Waals surface area contributed by atoms with Crippen LogP contribution >= 0.6 is 0 Å². The molecule has 0 spiro atoms. The van der Waals surface area contributed by atoms with Crippen LogP contribution in [0.3, 0.4) is 0 Å². The summed E-state index contributed by atoms with van der Waals surface area (Å²) >= 11 is 0. The third-order valence-corrected chi connectivity index (χ3v) is 6.07. The summed E-state index contributed by atoms with van der Waals surface area (Å²) in [6.07, 6.45) is 2.95. The van der Waals surface area contributed by atoms with Crippen LogP contribution in [-0.4, -0.2) is 39.1 Å². The van der Waals surface area contributed by atoms with Crippen molar-refractivity contribution in [2.24, 2.45) is 5.92 Å². The van der Waals surface area contributed by atoms with Crippen molar-refractivity contribution in [2.75, 3.05) is 27.3 Å². The van der Waals surface area contributed by atoms with Gasteiger partial charge in [-0.05, 0) is 55.2 Å². The Balaban J connectivity index is 1.73. The molecule has 1 heterocycles. The predicted octanol–water partition coefficient (Wildman–Crippen LogP) is 3.22. The minimum atomic E-state index is -3.34. The van der Waals surface area contributed by atoms with E-state index in [-0.39, 0.29) is 23.8 Å². The first kappa shape index (κ1) is 20.4. The van der Waals surface area contributed by atoms with Gasteiger partial charge in [0.15, 0.2) is 0 Å². The quantitative estimate of drug-likeness (QED) is 0.812. The molecule has 0 aromatic heterocycles. The standard InChI is InChI=1S/C22H25N3O4S/c1-14-13-24(22(27)17-4-5-17)21-12-18(8-11-20(21)25(14)15(2)26)16-6-9-19(10-7-16)23-30(3,28)29/h6-12,14,17,23H,4-5,13H2,1-3H3. The van der Waals surface area contributed by atoms with Crippen LogP contribution in [0, 0.1) is 5.92 Å². The molecule has 30 heavy (non-hydrogen) atoms. The smallest absolute Gasteiger partial charge is 0.230 e. The molecule has 1 atom stereocenters. The van der Waals surface area contributed by atoms with Gasteiger partial charge in [0, 0.05) is 25.1 Å². The van der Waals surface area contributed by atoms with Crippen molar-refractivity contribution in [3.63, 3.8) is 0 Å². The zero-order valence-corrected chi connectivity index (χ0v) is 18.1. The number of fused-ring (bicyclic) bond motifs is 1. The third kappa shape index (κ3) is 4.05. The topological polar surface area (TPSA) is 86.8 Å². The highest BCUT2D eigenvalue weighted by Gasteiger charge is 2.39. The number of anilines is 3. The molecule has 2 aromatic rings. The fourth-order valence-corrected chi connectivity index (χ4v) is 4.55. The summed E-state index contributed by atoms with van der Waals surface area (Å²) in [6.45, 7) is 3.97. The van der Waals surface area contributed by atoms with E-state index >= 15 is 0 Å². The fourth-order valence-electron chi connectivity index (χ4n) is 3.99. The summed E-state index contributed by atoms with van der Waals surface area (Å²) < 4.78 is 25.3. The van der Waals surface area contributed by atoms with Gasteiger partial charge in [0.05, 0.1) is 23.7 Å². The molecule has 1 N–H and O–H groups in total. The lowest BCUT2D eigenvalue weighted by molar-refractivity contribution is -0.120. The summed E-state index contributed by atoms with van der Waals surface area (Å²) in [5.74, 6) is 0.154.